The zero-order valence-electron chi connectivity index (χ0n) is 11.4. The van der Waals surface area contributed by atoms with E-state index in [1.807, 2.05) is 0 Å². The highest BCUT2D eigenvalue weighted by molar-refractivity contribution is 5.28. The Morgan fingerprint density at radius 2 is 1.89 bits per heavy atom. The molecule has 0 saturated carbocycles. The number of benzene rings is 1. The summed E-state index contributed by atoms with van der Waals surface area (Å²) in [6.45, 7) is 3.91. The summed E-state index contributed by atoms with van der Waals surface area (Å²) in [5, 5.41) is 0. The molecule has 0 aromatic heterocycles. The summed E-state index contributed by atoms with van der Waals surface area (Å²) in [5.74, 6) is 0. The SMILES string of the molecule is CCCCC(N)C1(c2ccccc2)CCOCC1. The number of hydrogen-bond donors (Lipinski definition) is 1. The van der Waals surface area contributed by atoms with E-state index >= 15 is 0 Å². The monoisotopic (exact) mass is 247 g/mol. The van der Waals surface area contributed by atoms with E-state index in [2.05, 4.69) is 37.3 Å². The molecule has 1 aliphatic rings. The molecule has 0 aliphatic carbocycles. The first-order chi connectivity index (χ1) is 8.79. The van der Waals surface area contributed by atoms with Crippen LogP contribution in [0.25, 0.3) is 0 Å². The predicted molar refractivity (Wildman–Crippen MR) is 75.7 cm³/mol. The summed E-state index contributed by atoms with van der Waals surface area (Å²) >= 11 is 0. The van der Waals surface area contributed by atoms with Crippen molar-refractivity contribution in [3.63, 3.8) is 0 Å². The van der Waals surface area contributed by atoms with Gasteiger partial charge in [-0.2, -0.15) is 0 Å². The molecule has 18 heavy (non-hydrogen) atoms. The molecule has 0 spiro atoms. The first kappa shape index (κ1) is 13.6. The predicted octanol–water partition coefficient (Wildman–Crippen LogP) is 3.25. The van der Waals surface area contributed by atoms with Crippen LogP contribution in [0.15, 0.2) is 30.3 Å². The van der Waals surface area contributed by atoms with Crippen molar-refractivity contribution in [2.75, 3.05) is 13.2 Å². The van der Waals surface area contributed by atoms with Gasteiger partial charge in [0.05, 0.1) is 0 Å². The topological polar surface area (TPSA) is 35.2 Å². The van der Waals surface area contributed by atoms with E-state index in [0.29, 0.717) is 0 Å². The molecule has 100 valence electrons. The minimum atomic E-state index is 0.134. The van der Waals surface area contributed by atoms with Crippen LogP contribution in [0.3, 0.4) is 0 Å². The van der Waals surface area contributed by atoms with Crippen molar-refractivity contribution in [3.8, 4) is 0 Å². The Hall–Kier alpha value is -0.860. The van der Waals surface area contributed by atoms with Gasteiger partial charge in [-0.1, -0.05) is 50.1 Å². The lowest BCUT2D eigenvalue weighted by atomic mass is 9.68. The Morgan fingerprint density at radius 1 is 1.22 bits per heavy atom. The molecular weight excluding hydrogens is 222 g/mol. The van der Waals surface area contributed by atoms with Gasteiger partial charge in [0, 0.05) is 24.7 Å². The fourth-order valence-corrected chi connectivity index (χ4v) is 3.08. The molecule has 1 heterocycles. The van der Waals surface area contributed by atoms with Crippen molar-refractivity contribution in [1.29, 1.82) is 0 Å². The lowest BCUT2D eigenvalue weighted by molar-refractivity contribution is 0.0386. The molecule has 1 unspecified atom stereocenters. The van der Waals surface area contributed by atoms with Crippen LogP contribution < -0.4 is 5.73 Å². The fourth-order valence-electron chi connectivity index (χ4n) is 3.08. The van der Waals surface area contributed by atoms with Gasteiger partial charge in [0.1, 0.15) is 0 Å². The van der Waals surface area contributed by atoms with E-state index < -0.39 is 0 Å². The fraction of sp³-hybridized carbons (Fsp3) is 0.625. The molecule has 1 atom stereocenters. The maximum atomic E-state index is 6.55. The third kappa shape index (κ3) is 2.76. The number of ether oxygens (including phenoxy) is 1. The average Bonchev–Trinajstić information content (AvgIpc) is 2.46. The third-order valence-electron chi connectivity index (χ3n) is 4.31. The van der Waals surface area contributed by atoms with E-state index in [1.165, 1.54) is 18.4 Å². The summed E-state index contributed by atoms with van der Waals surface area (Å²) in [7, 11) is 0. The van der Waals surface area contributed by atoms with Crippen molar-refractivity contribution in [2.24, 2.45) is 5.73 Å². The molecule has 1 aromatic rings. The van der Waals surface area contributed by atoms with Crippen LogP contribution in [-0.4, -0.2) is 19.3 Å². The molecule has 0 bridgehead atoms. The number of rotatable bonds is 5. The Morgan fingerprint density at radius 3 is 2.50 bits per heavy atom. The van der Waals surface area contributed by atoms with Crippen molar-refractivity contribution >= 4 is 0 Å². The number of unbranched alkanes of at least 4 members (excludes halogenated alkanes) is 1. The second-order valence-corrected chi connectivity index (χ2v) is 5.38. The van der Waals surface area contributed by atoms with Gasteiger partial charge in [0.2, 0.25) is 0 Å². The summed E-state index contributed by atoms with van der Waals surface area (Å²) in [4.78, 5) is 0. The first-order valence-corrected chi connectivity index (χ1v) is 7.18. The second-order valence-electron chi connectivity index (χ2n) is 5.38. The summed E-state index contributed by atoms with van der Waals surface area (Å²) in [6, 6.07) is 11.0. The quantitative estimate of drug-likeness (QED) is 0.867. The molecule has 1 fully saturated rings. The zero-order valence-corrected chi connectivity index (χ0v) is 11.4. The molecule has 1 aliphatic heterocycles. The van der Waals surface area contributed by atoms with Crippen LogP contribution in [-0.2, 0) is 10.2 Å². The van der Waals surface area contributed by atoms with Gasteiger partial charge in [0.25, 0.3) is 0 Å². The van der Waals surface area contributed by atoms with Gasteiger partial charge in [-0.15, -0.1) is 0 Å². The molecule has 1 aromatic carbocycles. The Labute approximate surface area is 111 Å². The standard InChI is InChI=1S/C16H25NO/c1-2-3-9-15(17)16(10-12-18-13-11-16)14-7-5-4-6-8-14/h4-8,15H,2-3,9-13,17H2,1H3. The van der Waals surface area contributed by atoms with Crippen LogP contribution in [0, 0.1) is 0 Å². The highest BCUT2D eigenvalue weighted by Crippen LogP contribution is 2.38. The van der Waals surface area contributed by atoms with E-state index in [-0.39, 0.29) is 11.5 Å². The molecule has 0 amide bonds. The Bertz CT molecular complexity index is 343. The molecule has 2 heteroatoms. The van der Waals surface area contributed by atoms with Crippen LogP contribution in [0.5, 0.6) is 0 Å². The molecule has 2 rings (SSSR count). The normalized spacial score (nSPS) is 20.6. The first-order valence-electron chi connectivity index (χ1n) is 7.18. The van der Waals surface area contributed by atoms with Crippen molar-refractivity contribution in [1.82, 2.24) is 0 Å². The van der Waals surface area contributed by atoms with E-state index in [9.17, 15) is 0 Å². The summed E-state index contributed by atoms with van der Waals surface area (Å²) in [5.41, 5.74) is 8.08. The highest BCUT2D eigenvalue weighted by atomic mass is 16.5. The van der Waals surface area contributed by atoms with Crippen LogP contribution in [0.1, 0.15) is 44.6 Å². The molecule has 2 nitrogen and oxygen atoms in total. The van der Waals surface area contributed by atoms with Gasteiger partial charge in [0.15, 0.2) is 0 Å². The van der Waals surface area contributed by atoms with E-state index in [0.717, 1.165) is 32.5 Å². The second kappa shape index (κ2) is 6.35. The van der Waals surface area contributed by atoms with Gasteiger partial charge in [-0.25, -0.2) is 0 Å². The van der Waals surface area contributed by atoms with Crippen molar-refractivity contribution in [2.45, 2.75) is 50.5 Å². The summed E-state index contributed by atoms with van der Waals surface area (Å²) < 4.78 is 5.55. The largest absolute Gasteiger partial charge is 0.381 e. The zero-order chi connectivity index (χ0) is 12.8. The summed E-state index contributed by atoms with van der Waals surface area (Å²) in [6.07, 6.45) is 5.67. The Balaban J connectivity index is 2.22. The maximum absolute atomic E-state index is 6.55. The molecular formula is C16H25NO. The lowest BCUT2D eigenvalue weighted by Crippen LogP contribution is -2.49. The van der Waals surface area contributed by atoms with Gasteiger partial charge in [-0.05, 0) is 24.8 Å². The average molecular weight is 247 g/mol. The van der Waals surface area contributed by atoms with Gasteiger partial charge in [-0.3, -0.25) is 0 Å². The van der Waals surface area contributed by atoms with Crippen LogP contribution in [0.2, 0.25) is 0 Å². The van der Waals surface area contributed by atoms with E-state index in [1.54, 1.807) is 0 Å². The van der Waals surface area contributed by atoms with E-state index in [4.69, 9.17) is 10.5 Å². The maximum Gasteiger partial charge on any atom is 0.0475 e. The minimum absolute atomic E-state index is 0.134. The third-order valence-corrected chi connectivity index (χ3v) is 4.31. The minimum Gasteiger partial charge on any atom is -0.381 e. The van der Waals surface area contributed by atoms with Crippen molar-refractivity contribution in [3.05, 3.63) is 35.9 Å². The molecule has 2 N–H and O–H groups in total. The Kier molecular flexibility index (Phi) is 4.79. The molecule has 0 radical (unpaired) electrons. The number of nitrogens with two attached hydrogens (primary N) is 1. The molecule has 1 saturated heterocycles. The smallest absolute Gasteiger partial charge is 0.0475 e. The van der Waals surface area contributed by atoms with Crippen LogP contribution >= 0.6 is 0 Å². The van der Waals surface area contributed by atoms with Gasteiger partial charge >= 0.3 is 0 Å². The van der Waals surface area contributed by atoms with Crippen molar-refractivity contribution < 1.29 is 4.74 Å². The number of hydrogen-bond acceptors (Lipinski definition) is 2. The van der Waals surface area contributed by atoms with Crippen LogP contribution in [0.4, 0.5) is 0 Å². The van der Waals surface area contributed by atoms with Gasteiger partial charge < -0.3 is 10.5 Å². The highest BCUT2D eigenvalue weighted by Gasteiger charge is 2.39. The lowest BCUT2D eigenvalue weighted by Gasteiger charge is -2.42.